The molecule has 2 fully saturated rings. The van der Waals surface area contributed by atoms with Gasteiger partial charge in [-0.1, -0.05) is 19.3 Å². The fraction of sp³-hybridized carbons (Fsp3) is 0.786. The first-order valence-corrected chi connectivity index (χ1v) is 7.93. The number of rotatable bonds is 3. The molecule has 1 saturated heterocycles. The normalized spacial score (nSPS) is 26.2. The first kappa shape index (κ1) is 13.9. The Morgan fingerprint density at radius 2 is 1.95 bits per heavy atom. The molecule has 0 N–H and O–H groups in total. The zero-order valence-electron chi connectivity index (χ0n) is 11.9. The van der Waals surface area contributed by atoms with Gasteiger partial charge in [0.15, 0.2) is 0 Å². The van der Waals surface area contributed by atoms with Crippen LogP contribution in [0.5, 0.6) is 6.01 Å². The van der Waals surface area contributed by atoms with E-state index in [2.05, 4.69) is 19.9 Å². The molecule has 5 nitrogen and oxygen atoms in total. The van der Waals surface area contributed by atoms with Crippen molar-refractivity contribution in [2.45, 2.75) is 39.0 Å². The van der Waals surface area contributed by atoms with Crippen LogP contribution in [0.4, 0.5) is 5.95 Å². The van der Waals surface area contributed by atoms with Gasteiger partial charge in [0.25, 0.3) is 0 Å². The van der Waals surface area contributed by atoms with Crippen molar-refractivity contribution in [2.24, 2.45) is 11.8 Å². The van der Waals surface area contributed by atoms with Crippen LogP contribution in [0.2, 0.25) is 5.28 Å². The molecular weight excluding hydrogens is 276 g/mol. The number of hydrogen-bond donors (Lipinski definition) is 0. The van der Waals surface area contributed by atoms with Crippen LogP contribution >= 0.6 is 11.6 Å². The van der Waals surface area contributed by atoms with Crippen molar-refractivity contribution in [3.63, 3.8) is 0 Å². The molecule has 0 radical (unpaired) electrons. The molecule has 1 saturated carbocycles. The van der Waals surface area contributed by atoms with Crippen molar-refractivity contribution in [1.29, 1.82) is 0 Å². The van der Waals surface area contributed by atoms with Crippen LogP contribution in [-0.4, -0.2) is 34.6 Å². The number of anilines is 1. The lowest BCUT2D eigenvalue weighted by molar-refractivity contribution is 0.201. The number of nitrogens with zero attached hydrogens (tertiary/aromatic N) is 4. The highest BCUT2D eigenvalue weighted by Gasteiger charge is 2.32. The van der Waals surface area contributed by atoms with Crippen molar-refractivity contribution >= 4 is 17.5 Å². The van der Waals surface area contributed by atoms with E-state index in [1.807, 2.05) is 6.92 Å². The molecule has 110 valence electrons. The molecule has 2 aliphatic rings. The lowest BCUT2D eigenvalue weighted by Gasteiger charge is -2.41. The third-order valence-electron chi connectivity index (χ3n) is 4.42. The molecule has 1 aliphatic carbocycles. The maximum Gasteiger partial charge on any atom is 0.322 e. The van der Waals surface area contributed by atoms with E-state index in [-0.39, 0.29) is 5.28 Å². The fourth-order valence-corrected chi connectivity index (χ4v) is 3.59. The van der Waals surface area contributed by atoms with Gasteiger partial charge in [-0.15, -0.1) is 0 Å². The first-order chi connectivity index (χ1) is 9.76. The van der Waals surface area contributed by atoms with Gasteiger partial charge in [-0.3, -0.25) is 0 Å². The van der Waals surface area contributed by atoms with E-state index in [0.29, 0.717) is 18.6 Å². The van der Waals surface area contributed by atoms with Gasteiger partial charge in [0, 0.05) is 13.1 Å². The Balaban J connectivity index is 1.75. The summed E-state index contributed by atoms with van der Waals surface area (Å²) < 4.78 is 5.35. The van der Waals surface area contributed by atoms with E-state index >= 15 is 0 Å². The minimum atomic E-state index is 0.212. The lowest BCUT2D eigenvalue weighted by Crippen LogP contribution is -2.42. The fourth-order valence-electron chi connectivity index (χ4n) is 3.44. The van der Waals surface area contributed by atoms with Crippen LogP contribution in [0.1, 0.15) is 39.0 Å². The topological polar surface area (TPSA) is 51.1 Å². The van der Waals surface area contributed by atoms with Crippen LogP contribution in [0.25, 0.3) is 0 Å². The van der Waals surface area contributed by atoms with E-state index in [9.17, 15) is 0 Å². The standard InChI is InChI=1S/C14H21ClN4O/c1-2-20-14-17-12(15)16-13(18-14)19-8-7-10-5-3-4-6-11(10)9-19/h10-11H,2-9H2,1H3. The summed E-state index contributed by atoms with van der Waals surface area (Å²) in [7, 11) is 0. The summed E-state index contributed by atoms with van der Waals surface area (Å²) in [4.78, 5) is 14.9. The van der Waals surface area contributed by atoms with Crippen LogP contribution in [0, 0.1) is 11.8 Å². The molecule has 2 atom stereocenters. The summed E-state index contributed by atoms with van der Waals surface area (Å²) in [5, 5.41) is 0.212. The number of fused-ring (bicyclic) bond motifs is 1. The minimum Gasteiger partial charge on any atom is -0.464 e. The van der Waals surface area contributed by atoms with Gasteiger partial charge in [0.2, 0.25) is 11.2 Å². The zero-order valence-corrected chi connectivity index (χ0v) is 12.6. The predicted molar refractivity (Wildman–Crippen MR) is 78.3 cm³/mol. The average molecular weight is 297 g/mol. The second kappa shape index (κ2) is 6.12. The molecular formula is C14H21ClN4O. The highest BCUT2D eigenvalue weighted by molar-refractivity contribution is 6.28. The van der Waals surface area contributed by atoms with Crippen molar-refractivity contribution in [3.8, 4) is 6.01 Å². The van der Waals surface area contributed by atoms with E-state index in [1.54, 1.807) is 0 Å². The molecule has 0 bridgehead atoms. The van der Waals surface area contributed by atoms with Gasteiger partial charge in [-0.2, -0.15) is 15.0 Å². The molecule has 0 aromatic carbocycles. The lowest BCUT2D eigenvalue weighted by atomic mass is 9.75. The van der Waals surface area contributed by atoms with Gasteiger partial charge in [0.05, 0.1) is 6.61 Å². The van der Waals surface area contributed by atoms with Crippen LogP contribution in [0.3, 0.4) is 0 Å². The van der Waals surface area contributed by atoms with Crippen molar-refractivity contribution in [2.75, 3.05) is 24.6 Å². The summed E-state index contributed by atoms with van der Waals surface area (Å²) in [6.07, 6.45) is 6.71. The van der Waals surface area contributed by atoms with E-state index < -0.39 is 0 Å². The largest absolute Gasteiger partial charge is 0.464 e. The molecule has 2 heterocycles. The van der Waals surface area contributed by atoms with Crippen molar-refractivity contribution < 1.29 is 4.74 Å². The Hall–Kier alpha value is -1.10. The molecule has 1 aromatic rings. The van der Waals surface area contributed by atoms with E-state index in [1.165, 1.54) is 32.1 Å². The molecule has 6 heteroatoms. The third kappa shape index (κ3) is 2.97. The molecule has 0 spiro atoms. The average Bonchev–Trinajstić information content (AvgIpc) is 2.46. The van der Waals surface area contributed by atoms with Gasteiger partial charge >= 0.3 is 6.01 Å². The Kier molecular flexibility index (Phi) is 4.24. The monoisotopic (exact) mass is 296 g/mol. The van der Waals surface area contributed by atoms with Gasteiger partial charge in [0.1, 0.15) is 0 Å². The summed E-state index contributed by atoms with van der Waals surface area (Å²) in [5.41, 5.74) is 0. The van der Waals surface area contributed by atoms with Crippen LogP contribution in [0.15, 0.2) is 0 Å². The first-order valence-electron chi connectivity index (χ1n) is 7.55. The number of hydrogen-bond acceptors (Lipinski definition) is 5. The van der Waals surface area contributed by atoms with Crippen molar-refractivity contribution in [1.82, 2.24) is 15.0 Å². The number of aromatic nitrogens is 3. The van der Waals surface area contributed by atoms with Gasteiger partial charge in [-0.25, -0.2) is 0 Å². The van der Waals surface area contributed by atoms with E-state index in [0.717, 1.165) is 24.9 Å². The molecule has 3 rings (SSSR count). The smallest absolute Gasteiger partial charge is 0.322 e. The summed E-state index contributed by atoms with van der Waals surface area (Å²) in [6, 6.07) is 0.327. The quantitative estimate of drug-likeness (QED) is 0.858. The maximum absolute atomic E-state index is 5.97. The number of piperidine rings is 1. The zero-order chi connectivity index (χ0) is 13.9. The highest BCUT2D eigenvalue weighted by Crippen LogP contribution is 2.37. The van der Waals surface area contributed by atoms with Crippen LogP contribution < -0.4 is 9.64 Å². The van der Waals surface area contributed by atoms with E-state index in [4.69, 9.17) is 16.3 Å². The Labute approximate surface area is 124 Å². The number of ether oxygens (including phenoxy) is 1. The summed E-state index contributed by atoms with van der Waals surface area (Å²) >= 11 is 5.97. The molecule has 20 heavy (non-hydrogen) atoms. The second-order valence-electron chi connectivity index (χ2n) is 5.66. The molecule has 0 amide bonds. The number of halogens is 1. The Morgan fingerprint density at radius 1 is 1.15 bits per heavy atom. The predicted octanol–water partition coefficient (Wildman–Crippen LogP) is 2.94. The molecule has 1 aromatic heterocycles. The minimum absolute atomic E-state index is 0.212. The summed E-state index contributed by atoms with van der Waals surface area (Å²) in [5.74, 6) is 2.34. The summed E-state index contributed by atoms with van der Waals surface area (Å²) in [6.45, 7) is 4.49. The van der Waals surface area contributed by atoms with Gasteiger partial charge in [-0.05, 0) is 43.2 Å². The maximum atomic E-state index is 5.97. The third-order valence-corrected chi connectivity index (χ3v) is 4.59. The SMILES string of the molecule is CCOc1nc(Cl)nc(N2CCC3CCCCC3C2)n1. The second-order valence-corrected chi connectivity index (χ2v) is 6.00. The van der Waals surface area contributed by atoms with Gasteiger partial charge < -0.3 is 9.64 Å². The van der Waals surface area contributed by atoms with Crippen LogP contribution in [-0.2, 0) is 0 Å². The Bertz CT molecular complexity index is 470. The Morgan fingerprint density at radius 3 is 2.75 bits per heavy atom. The molecule has 2 unspecified atom stereocenters. The highest BCUT2D eigenvalue weighted by atomic mass is 35.5. The van der Waals surface area contributed by atoms with Crippen molar-refractivity contribution in [3.05, 3.63) is 5.28 Å². The molecule has 1 aliphatic heterocycles.